The molecule has 0 spiro atoms. The molecule has 0 aliphatic rings. The molecule has 1 heterocycles. The molecule has 0 atom stereocenters. The largest absolute Gasteiger partial charge is 0.259 e. The summed E-state index contributed by atoms with van der Waals surface area (Å²) >= 11 is 12.3. The predicted octanol–water partition coefficient (Wildman–Crippen LogP) is 5.83. The van der Waals surface area contributed by atoms with Gasteiger partial charge in [-0.1, -0.05) is 83.9 Å². The Balaban J connectivity index is 1.56. The van der Waals surface area contributed by atoms with E-state index in [9.17, 15) is 0 Å². The summed E-state index contributed by atoms with van der Waals surface area (Å²) in [6.07, 6.45) is 3.28. The highest BCUT2D eigenvalue weighted by Gasteiger charge is 2.08. The Labute approximate surface area is 183 Å². The number of anilines is 2. The molecule has 30 heavy (non-hydrogen) atoms. The van der Waals surface area contributed by atoms with Gasteiger partial charge in [0.25, 0.3) is 0 Å². The first-order valence-corrected chi connectivity index (χ1v) is 9.80. The first-order chi connectivity index (χ1) is 14.7. The molecular weight excluding hydrogens is 419 g/mol. The van der Waals surface area contributed by atoms with E-state index in [0.29, 0.717) is 21.7 Å². The van der Waals surface area contributed by atoms with Gasteiger partial charge in [0, 0.05) is 31.9 Å². The summed E-state index contributed by atoms with van der Waals surface area (Å²) in [5.74, 6) is 1.05. The third-order valence-corrected chi connectivity index (χ3v) is 4.93. The SMILES string of the molecule is Clc1ccccc1/C=N\Nc1nnc(N/N=C/c2ccccc2Cl)c2ccccc12. The van der Waals surface area contributed by atoms with Crippen molar-refractivity contribution >= 4 is 58.0 Å². The van der Waals surface area contributed by atoms with Crippen LogP contribution in [0.15, 0.2) is 83.0 Å². The van der Waals surface area contributed by atoms with Crippen LogP contribution in [-0.4, -0.2) is 22.6 Å². The van der Waals surface area contributed by atoms with Gasteiger partial charge in [-0.05, 0) is 12.1 Å². The van der Waals surface area contributed by atoms with Crippen LogP contribution in [0.3, 0.4) is 0 Å². The van der Waals surface area contributed by atoms with E-state index in [1.165, 1.54) is 0 Å². The number of halogens is 2. The van der Waals surface area contributed by atoms with Crippen LogP contribution in [0.4, 0.5) is 11.6 Å². The van der Waals surface area contributed by atoms with Crippen LogP contribution in [0.2, 0.25) is 10.0 Å². The van der Waals surface area contributed by atoms with Crippen LogP contribution in [0.5, 0.6) is 0 Å². The van der Waals surface area contributed by atoms with E-state index in [-0.39, 0.29) is 0 Å². The quantitative estimate of drug-likeness (QED) is 0.295. The lowest BCUT2D eigenvalue weighted by atomic mass is 10.2. The molecule has 6 nitrogen and oxygen atoms in total. The predicted molar refractivity (Wildman–Crippen MR) is 125 cm³/mol. The lowest BCUT2D eigenvalue weighted by Crippen LogP contribution is -2.01. The maximum atomic E-state index is 6.15. The summed E-state index contributed by atoms with van der Waals surface area (Å²) in [5.41, 5.74) is 7.47. The van der Waals surface area contributed by atoms with E-state index < -0.39 is 0 Å². The number of hydrogen-bond donors (Lipinski definition) is 2. The average molecular weight is 435 g/mol. The van der Waals surface area contributed by atoms with Gasteiger partial charge in [0.05, 0.1) is 12.4 Å². The van der Waals surface area contributed by atoms with Gasteiger partial charge < -0.3 is 0 Å². The zero-order chi connectivity index (χ0) is 20.8. The Morgan fingerprint density at radius 3 is 1.43 bits per heavy atom. The van der Waals surface area contributed by atoms with Crippen molar-refractivity contribution in [2.75, 3.05) is 10.9 Å². The molecule has 0 aliphatic heterocycles. The highest BCUT2D eigenvalue weighted by atomic mass is 35.5. The molecule has 2 N–H and O–H groups in total. The fraction of sp³-hybridized carbons (Fsp3) is 0. The Hall–Kier alpha value is -3.48. The smallest absolute Gasteiger partial charge is 0.176 e. The van der Waals surface area contributed by atoms with Crippen molar-refractivity contribution in [1.29, 1.82) is 0 Å². The minimum Gasteiger partial charge on any atom is -0.259 e. The van der Waals surface area contributed by atoms with Crippen LogP contribution >= 0.6 is 23.2 Å². The van der Waals surface area contributed by atoms with Gasteiger partial charge in [-0.15, -0.1) is 10.2 Å². The average Bonchev–Trinajstić information content (AvgIpc) is 2.77. The third kappa shape index (κ3) is 4.56. The molecule has 1 aromatic heterocycles. The van der Waals surface area contributed by atoms with Crippen LogP contribution in [0, 0.1) is 0 Å². The Morgan fingerprint density at radius 1 is 0.600 bits per heavy atom. The maximum absolute atomic E-state index is 6.15. The van der Waals surface area contributed by atoms with E-state index in [1.54, 1.807) is 12.4 Å². The fourth-order valence-corrected chi connectivity index (χ4v) is 3.12. The van der Waals surface area contributed by atoms with Crippen molar-refractivity contribution in [2.24, 2.45) is 10.2 Å². The minimum atomic E-state index is 0.523. The van der Waals surface area contributed by atoms with Crippen molar-refractivity contribution < 1.29 is 0 Å². The molecule has 0 unspecified atom stereocenters. The maximum Gasteiger partial charge on any atom is 0.176 e. The summed E-state index contributed by atoms with van der Waals surface area (Å²) in [6.45, 7) is 0. The standard InChI is InChI=1S/C22H16Cl2N6/c23-19-11-5-1-7-15(19)13-25-27-21-17-9-3-4-10-18(17)22(30-29-21)28-26-14-16-8-2-6-12-20(16)24/h1-14H,(H,27,29)(H,28,30)/b25-13-,26-14+. The molecule has 0 amide bonds. The summed E-state index contributed by atoms with van der Waals surface area (Å²) in [6, 6.07) is 22.6. The Morgan fingerprint density at radius 2 is 1.00 bits per heavy atom. The summed E-state index contributed by atoms with van der Waals surface area (Å²) in [7, 11) is 0. The number of nitrogens with one attached hydrogen (secondary N) is 2. The van der Waals surface area contributed by atoms with Gasteiger partial charge in [-0.2, -0.15) is 10.2 Å². The second-order valence-corrected chi connectivity index (χ2v) is 7.04. The normalized spacial score (nSPS) is 11.4. The Bertz CT molecular complexity index is 1140. The van der Waals surface area contributed by atoms with Gasteiger partial charge >= 0.3 is 0 Å². The number of fused-ring (bicyclic) bond motifs is 1. The molecule has 0 saturated carbocycles. The van der Waals surface area contributed by atoms with Crippen LogP contribution in [0.25, 0.3) is 10.8 Å². The Kier molecular flexibility index (Phi) is 6.17. The van der Waals surface area contributed by atoms with Crippen LogP contribution in [-0.2, 0) is 0 Å². The zero-order valence-corrected chi connectivity index (χ0v) is 17.1. The van der Waals surface area contributed by atoms with Crippen LogP contribution in [0.1, 0.15) is 11.1 Å². The lowest BCUT2D eigenvalue weighted by Gasteiger charge is -2.08. The number of rotatable bonds is 6. The number of aromatic nitrogens is 2. The van der Waals surface area contributed by atoms with Gasteiger partial charge in [-0.25, -0.2) is 0 Å². The minimum absolute atomic E-state index is 0.523. The molecule has 4 rings (SSSR count). The molecule has 0 fully saturated rings. The molecule has 8 heteroatoms. The van der Waals surface area contributed by atoms with E-state index in [4.69, 9.17) is 23.2 Å². The molecular formula is C22H16Cl2N6. The molecule has 0 saturated heterocycles. The fourth-order valence-electron chi connectivity index (χ4n) is 2.75. The van der Waals surface area contributed by atoms with Crippen molar-refractivity contribution in [3.05, 3.63) is 94.0 Å². The van der Waals surface area contributed by atoms with Crippen molar-refractivity contribution in [3.63, 3.8) is 0 Å². The summed E-state index contributed by atoms with van der Waals surface area (Å²) in [4.78, 5) is 0. The van der Waals surface area contributed by atoms with E-state index >= 15 is 0 Å². The second kappa shape index (κ2) is 9.35. The molecule has 0 radical (unpaired) electrons. The van der Waals surface area contributed by atoms with Crippen molar-refractivity contribution in [3.8, 4) is 0 Å². The van der Waals surface area contributed by atoms with Gasteiger partial charge in [0.15, 0.2) is 11.6 Å². The first kappa shape index (κ1) is 19.8. The van der Waals surface area contributed by atoms with Crippen molar-refractivity contribution in [2.45, 2.75) is 0 Å². The highest BCUT2D eigenvalue weighted by molar-refractivity contribution is 6.33. The molecule has 0 bridgehead atoms. The number of hydrogen-bond acceptors (Lipinski definition) is 6. The van der Waals surface area contributed by atoms with E-state index in [2.05, 4.69) is 31.3 Å². The zero-order valence-electron chi connectivity index (χ0n) is 15.6. The second-order valence-electron chi connectivity index (χ2n) is 6.23. The van der Waals surface area contributed by atoms with Gasteiger partial charge in [0.2, 0.25) is 0 Å². The topological polar surface area (TPSA) is 74.6 Å². The number of nitrogens with zero attached hydrogens (tertiary/aromatic N) is 4. The monoisotopic (exact) mass is 434 g/mol. The first-order valence-electron chi connectivity index (χ1n) is 9.05. The summed E-state index contributed by atoms with van der Waals surface area (Å²) in [5, 5.41) is 19.9. The molecule has 4 aromatic rings. The van der Waals surface area contributed by atoms with Gasteiger partial charge in [-0.3, -0.25) is 10.9 Å². The van der Waals surface area contributed by atoms with Gasteiger partial charge in [0.1, 0.15) is 0 Å². The van der Waals surface area contributed by atoms with E-state index in [1.807, 2.05) is 72.8 Å². The van der Waals surface area contributed by atoms with Crippen LogP contribution < -0.4 is 10.9 Å². The third-order valence-electron chi connectivity index (χ3n) is 4.25. The molecule has 0 aliphatic carbocycles. The number of hydrazone groups is 2. The molecule has 3 aromatic carbocycles. The number of benzene rings is 3. The highest BCUT2D eigenvalue weighted by Crippen LogP contribution is 2.26. The van der Waals surface area contributed by atoms with Crippen molar-refractivity contribution in [1.82, 2.24) is 10.2 Å². The summed E-state index contributed by atoms with van der Waals surface area (Å²) < 4.78 is 0. The lowest BCUT2D eigenvalue weighted by molar-refractivity contribution is 1.03. The van der Waals surface area contributed by atoms with E-state index in [0.717, 1.165) is 21.9 Å². The molecule has 148 valence electrons.